The second-order valence-corrected chi connectivity index (χ2v) is 9.70. The van der Waals surface area contributed by atoms with Gasteiger partial charge in [-0.3, -0.25) is 4.79 Å². The number of carbonyl (C=O) groups excluding carboxylic acids is 1. The SMILES string of the molecule is CC(C)(CC1CCCCCCC1)c1cccc(NC(=O)C2CCCCC2)c1. The fourth-order valence-electron chi connectivity index (χ4n) is 5.21. The molecule has 2 aliphatic rings. The molecule has 1 aromatic rings. The smallest absolute Gasteiger partial charge is 0.227 e. The minimum Gasteiger partial charge on any atom is -0.326 e. The third-order valence-electron chi connectivity index (χ3n) is 6.91. The van der Waals surface area contributed by atoms with Gasteiger partial charge in [0.25, 0.3) is 0 Å². The lowest BCUT2D eigenvalue weighted by Crippen LogP contribution is -2.25. The summed E-state index contributed by atoms with van der Waals surface area (Å²) in [5.74, 6) is 1.29. The average molecular weight is 370 g/mol. The molecule has 1 aromatic carbocycles. The summed E-state index contributed by atoms with van der Waals surface area (Å²) in [5.41, 5.74) is 2.51. The zero-order chi connectivity index (χ0) is 19.1. The van der Waals surface area contributed by atoms with Gasteiger partial charge >= 0.3 is 0 Å². The summed E-state index contributed by atoms with van der Waals surface area (Å²) in [4.78, 5) is 12.6. The molecule has 0 aliphatic heterocycles. The van der Waals surface area contributed by atoms with E-state index in [1.54, 1.807) is 0 Å². The van der Waals surface area contributed by atoms with Crippen LogP contribution in [-0.2, 0) is 10.2 Å². The molecule has 150 valence electrons. The Morgan fingerprint density at radius 1 is 0.926 bits per heavy atom. The Kier molecular flexibility index (Phi) is 7.38. The Labute approximate surface area is 166 Å². The molecule has 2 nitrogen and oxygen atoms in total. The molecule has 0 aromatic heterocycles. The van der Waals surface area contributed by atoms with Crippen LogP contribution >= 0.6 is 0 Å². The summed E-state index contributed by atoms with van der Waals surface area (Å²) in [6, 6.07) is 8.64. The molecule has 0 heterocycles. The highest BCUT2D eigenvalue weighted by molar-refractivity contribution is 5.92. The summed E-state index contributed by atoms with van der Waals surface area (Å²) in [6.07, 6.45) is 16.9. The quantitative estimate of drug-likeness (QED) is 0.582. The summed E-state index contributed by atoms with van der Waals surface area (Å²) in [6.45, 7) is 4.77. The van der Waals surface area contributed by atoms with E-state index in [4.69, 9.17) is 0 Å². The summed E-state index contributed by atoms with van der Waals surface area (Å²) in [5, 5.41) is 3.21. The van der Waals surface area contributed by atoms with Crippen LogP contribution in [0.15, 0.2) is 24.3 Å². The van der Waals surface area contributed by atoms with Crippen molar-refractivity contribution in [2.24, 2.45) is 11.8 Å². The molecule has 0 bridgehead atoms. The van der Waals surface area contributed by atoms with Gasteiger partial charge in [-0.05, 0) is 48.3 Å². The third-order valence-corrected chi connectivity index (χ3v) is 6.91. The van der Waals surface area contributed by atoms with Crippen LogP contribution in [0.4, 0.5) is 5.69 Å². The first-order chi connectivity index (χ1) is 13.0. The first-order valence-corrected chi connectivity index (χ1v) is 11.5. The van der Waals surface area contributed by atoms with Crippen molar-refractivity contribution in [3.63, 3.8) is 0 Å². The van der Waals surface area contributed by atoms with Gasteiger partial charge in [-0.15, -0.1) is 0 Å². The van der Waals surface area contributed by atoms with Gasteiger partial charge in [0.1, 0.15) is 0 Å². The van der Waals surface area contributed by atoms with E-state index in [0.717, 1.165) is 24.4 Å². The fourth-order valence-corrected chi connectivity index (χ4v) is 5.21. The standard InChI is InChI=1S/C25H39NO/c1-25(2,19-20-12-7-4-3-5-8-13-20)22-16-11-17-23(18-22)26-24(27)21-14-9-6-10-15-21/h11,16-18,20-21H,3-10,12-15,19H2,1-2H3,(H,26,27). The zero-order valence-corrected chi connectivity index (χ0v) is 17.6. The van der Waals surface area contributed by atoms with Gasteiger partial charge in [0.2, 0.25) is 5.91 Å². The fraction of sp³-hybridized carbons (Fsp3) is 0.720. The molecule has 0 spiro atoms. The zero-order valence-electron chi connectivity index (χ0n) is 17.6. The van der Waals surface area contributed by atoms with E-state index in [0.29, 0.717) is 0 Å². The van der Waals surface area contributed by atoms with E-state index < -0.39 is 0 Å². The molecule has 2 aliphatic carbocycles. The Bertz CT molecular complexity index is 592. The number of amides is 1. The minimum absolute atomic E-state index is 0.162. The predicted octanol–water partition coefficient (Wildman–Crippen LogP) is 7.23. The van der Waals surface area contributed by atoms with Crippen molar-refractivity contribution in [2.45, 2.75) is 103 Å². The molecule has 3 rings (SSSR count). The van der Waals surface area contributed by atoms with Crippen LogP contribution in [-0.4, -0.2) is 5.91 Å². The second-order valence-electron chi connectivity index (χ2n) is 9.70. The highest BCUT2D eigenvalue weighted by Crippen LogP contribution is 2.36. The number of hydrogen-bond donors (Lipinski definition) is 1. The molecule has 0 atom stereocenters. The van der Waals surface area contributed by atoms with Crippen molar-refractivity contribution in [2.75, 3.05) is 5.32 Å². The number of nitrogens with one attached hydrogen (secondary N) is 1. The maximum absolute atomic E-state index is 12.6. The maximum atomic E-state index is 12.6. The van der Waals surface area contributed by atoms with Crippen molar-refractivity contribution in [3.8, 4) is 0 Å². The molecule has 2 saturated carbocycles. The molecular formula is C25H39NO. The van der Waals surface area contributed by atoms with E-state index in [1.165, 1.54) is 76.2 Å². The second kappa shape index (κ2) is 9.75. The molecule has 0 radical (unpaired) electrons. The van der Waals surface area contributed by atoms with Gasteiger partial charge in [-0.25, -0.2) is 0 Å². The Morgan fingerprint density at radius 2 is 1.52 bits per heavy atom. The van der Waals surface area contributed by atoms with Crippen LogP contribution in [0.1, 0.15) is 103 Å². The number of rotatable bonds is 5. The van der Waals surface area contributed by atoms with Crippen LogP contribution in [0.3, 0.4) is 0 Å². The molecule has 1 N–H and O–H groups in total. The number of hydrogen-bond acceptors (Lipinski definition) is 1. The van der Waals surface area contributed by atoms with Gasteiger partial charge in [0.05, 0.1) is 0 Å². The lowest BCUT2D eigenvalue weighted by Gasteiger charge is -2.32. The van der Waals surface area contributed by atoms with E-state index in [2.05, 4.69) is 43.4 Å². The number of benzene rings is 1. The van der Waals surface area contributed by atoms with Crippen molar-refractivity contribution >= 4 is 11.6 Å². The Balaban J connectivity index is 1.62. The first-order valence-electron chi connectivity index (χ1n) is 11.5. The van der Waals surface area contributed by atoms with Crippen molar-refractivity contribution in [3.05, 3.63) is 29.8 Å². The molecule has 1 amide bonds. The van der Waals surface area contributed by atoms with Crippen LogP contribution in [0.2, 0.25) is 0 Å². The highest BCUT2D eigenvalue weighted by atomic mass is 16.1. The Morgan fingerprint density at radius 3 is 2.22 bits per heavy atom. The maximum Gasteiger partial charge on any atom is 0.227 e. The van der Waals surface area contributed by atoms with Gasteiger partial charge in [0, 0.05) is 11.6 Å². The van der Waals surface area contributed by atoms with E-state index in [1.807, 2.05) is 0 Å². The monoisotopic (exact) mass is 369 g/mol. The topological polar surface area (TPSA) is 29.1 Å². The molecular weight excluding hydrogens is 330 g/mol. The molecule has 2 heteroatoms. The van der Waals surface area contributed by atoms with Crippen molar-refractivity contribution in [1.82, 2.24) is 0 Å². The van der Waals surface area contributed by atoms with E-state index in [-0.39, 0.29) is 17.2 Å². The summed E-state index contributed by atoms with van der Waals surface area (Å²) >= 11 is 0. The van der Waals surface area contributed by atoms with Gasteiger partial charge in [-0.1, -0.05) is 90.2 Å². The number of anilines is 1. The van der Waals surface area contributed by atoms with Gasteiger partial charge < -0.3 is 5.32 Å². The largest absolute Gasteiger partial charge is 0.326 e. The van der Waals surface area contributed by atoms with Crippen LogP contribution in [0.5, 0.6) is 0 Å². The normalized spacial score (nSPS) is 20.7. The first kappa shape index (κ1) is 20.4. The molecule has 2 fully saturated rings. The lowest BCUT2D eigenvalue weighted by molar-refractivity contribution is -0.120. The third kappa shape index (κ3) is 6.09. The molecule has 0 saturated heterocycles. The van der Waals surface area contributed by atoms with Gasteiger partial charge in [-0.2, -0.15) is 0 Å². The van der Waals surface area contributed by atoms with Crippen LogP contribution in [0, 0.1) is 11.8 Å². The summed E-state index contributed by atoms with van der Waals surface area (Å²) < 4.78 is 0. The molecule has 0 unspecified atom stereocenters. The van der Waals surface area contributed by atoms with Gasteiger partial charge in [0.15, 0.2) is 0 Å². The lowest BCUT2D eigenvalue weighted by atomic mass is 9.74. The van der Waals surface area contributed by atoms with E-state index >= 15 is 0 Å². The predicted molar refractivity (Wildman–Crippen MR) is 115 cm³/mol. The number of carbonyl (C=O) groups is 1. The minimum atomic E-state index is 0.162. The average Bonchev–Trinajstić information content (AvgIpc) is 2.65. The highest BCUT2D eigenvalue weighted by Gasteiger charge is 2.26. The van der Waals surface area contributed by atoms with Crippen molar-refractivity contribution < 1.29 is 4.79 Å². The summed E-state index contributed by atoms with van der Waals surface area (Å²) in [7, 11) is 0. The van der Waals surface area contributed by atoms with Crippen molar-refractivity contribution in [1.29, 1.82) is 0 Å². The van der Waals surface area contributed by atoms with Crippen LogP contribution in [0.25, 0.3) is 0 Å². The molecule has 27 heavy (non-hydrogen) atoms. The van der Waals surface area contributed by atoms with E-state index in [9.17, 15) is 4.79 Å². The Hall–Kier alpha value is -1.31. The van der Waals surface area contributed by atoms with Crippen LogP contribution < -0.4 is 5.32 Å².